The normalized spacial score (nSPS) is 16.8. The van der Waals surface area contributed by atoms with Gasteiger partial charge >= 0.3 is 0 Å². The molecule has 0 spiro atoms. The van der Waals surface area contributed by atoms with Crippen LogP contribution in [-0.2, 0) is 22.6 Å². The first-order valence-electron chi connectivity index (χ1n) is 6.71. The predicted molar refractivity (Wildman–Crippen MR) is 69.1 cm³/mol. The Bertz CT molecular complexity index is 412. The van der Waals surface area contributed by atoms with Gasteiger partial charge in [0.25, 0.3) is 0 Å². The van der Waals surface area contributed by atoms with Crippen LogP contribution < -0.4 is 5.73 Å². The van der Waals surface area contributed by atoms with Crippen molar-refractivity contribution in [3.63, 3.8) is 0 Å². The summed E-state index contributed by atoms with van der Waals surface area (Å²) in [4.78, 5) is 14.0. The molecule has 1 aliphatic rings. The second kappa shape index (κ2) is 6.63. The van der Waals surface area contributed by atoms with Crippen LogP contribution in [0.25, 0.3) is 0 Å². The smallest absolute Gasteiger partial charge is 0.244 e. The summed E-state index contributed by atoms with van der Waals surface area (Å²) in [6, 6.07) is 0. The number of nitrogens with zero attached hydrogens (tertiary/aromatic N) is 4. The summed E-state index contributed by atoms with van der Waals surface area (Å²) in [5, 5.41) is 7.75. The number of carbonyl (C=O) groups is 1. The van der Waals surface area contributed by atoms with Crippen molar-refractivity contribution < 1.29 is 9.53 Å². The minimum absolute atomic E-state index is 0.0726. The maximum absolute atomic E-state index is 12.1. The summed E-state index contributed by atoms with van der Waals surface area (Å²) in [5.74, 6) is 0.0726. The molecule has 0 unspecified atom stereocenters. The second-order valence-electron chi connectivity index (χ2n) is 4.65. The zero-order valence-corrected chi connectivity index (χ0v) is 11.3. The number of nitrogens with two attached hydrogens (primary N) is 1. The zero-order valence-electron chi connectivity index (χ0n) is 11.3. The summed E-state index contributed by atoms with van der Waals surface area (Å²) in [6.07, 6.45) is 3.82. The largest absolute Gasteiger partial charge is 0.378 e. The third-order valence-electron chi connectivity index (χ3n) is 3.29. The molecule has 2 N–H and O–H groups in total. The highest BCUT2D eigenvalue weighted by Crippen LogP contribution is 2.14. The summed E-state index contributed by atoms with van der Waals surface area (Å²) in [5.41, 5.74) is 6.15. The lowest BCUT2D eigenvalue weighted by Gasteiger charge is -2.31. The Morgan fingerprint density at radius 2 is 2.26 bits per heavy atom. The van der Waals surface area contributed by atoms with Crippen LogP contribution in [0.2, 0.25) is 0 Å². The molecule has 2 rings (SSSR count). The maximum Gasteiger partial charge on any atom is 0.244 e. The van der Waals surface area contributed by atoms with E-state index in [0.717, 1.165) is 32.5 Å². The summed E-state index contributed by atoms with van der Waals surface area (Å²) in [6.45, 7) is 4.81. The Labute approximate surface area is 112 Å². The third-order valence-corrected chi connectivity index (χ3v) is 3.29. The fourth-order valence-corrected chi connectivity index (χ4v) is 2.26. The number of amides is 1. The molecule has 106 valence electrons. The molecule has 1 fully saturated rings. The van der Waals surface area contributed by atoms with Crippen LogP contribution in [-0.4, -0.2) is 51.6 Å². The van der Waals surface area contributed by atoms with E-state index in [4.69, 9.17) is 10.5 Å². The molecule has 1 aliphatic heterocycles. The van der Waals surface area contributed by atoms with Crippen LogP contribution >= 0.6 is 0 Å². The van der Waals surface area contributed by atoms with Gasteiger partial charge in [-0.3, -0.25) is 4.79 Å². The molecule has 1 aromatic heterocycles. The highest BCUT2D eigenvalue weighted by atomic mass is 16.5. The second-order valence-corrected chi connectivity index (χ2v) is 4.65. The molecule has 7 nitrogen and oxygen atoms in total. The number of hydrogen-bond donors (Lipinski definition) is 1. The van der Waals surface area contributed by atoms with Crippen molar-refractivity contribution in [3.05, 3.63) is 11.9 Å². The average molecular weight is 267 g/mol. The maximum atomic E-state index is 12.1. The summed E-state index contributed by atoms with van der Waals surface area (Å²) in [7, 11) is 0. The van der Waals surface area contributed by atoms with E-state index in [2.05, 4.69) is 10.3 Å². The monoisotopic (exact) mass is 267 g/mol. The first-order chi connectivity index (χ1) is 9.22. The topological polar surface area (TPSA) is 86.3 Å². The molecule has 0 atom stereocenters. The van der Waals surface area contributed by atoms with Gasteiger partial charge in [-0.15, -0.1) is 5.10 Å². The van der Waals surface area contributed by atoms with Gasteiger partial charge in [-0.2, -0.15) is 0 Å². The molecule has 19 heavy (non-hydrogen) atoms. The van der Waals surface area contributed by atoms with Gasteiger partial charge in [-0.05, 0) is 19.8 Å². The van der Waals surface area contributed by atoms with Crippen molar-refractivity contribution >= 4 is 5.91 Å². The summed E-state index contributed by atoms with van der Waals surface area (Å²) >= 11 is 0. The Hall–Kier alpha value is -1.47. The first kappa shape index (κ1) is 14.0. The number of piperidine rings is 1. The van der Waals surface area contributed by atoms with E-state index in [0.29, 0.717) is 18.3 Å². The lowest BCUT2D eigenvalue weighted by Crippen LogP contribution is -2.42. The number of hydrogen-bond acceptors (Lipinski definition) is 5. The van der Waals surface area contributed by atoms with Gasteiger partial charge in [0.2, 0.25) is 5.91 Å². The van der Waals surface area contributed by atoms with Gasteiger partial charge in [0.1, 0.15) is 6.54 Å². The Balaban J connectivity index is 1.81. The molecule has 0 aliphatic carbocycles. The molecule has 1 aromatic rings. The van der Waals surface area contributed by atoms with Gasteiger partial charge in [0, 0.05) is 26.2 Å². The Morgan fingerprint density at radius 3 is 2.84 bits per heavy atom. The van der Waals surface area contributed by atoms with E-state index in [1.807, 2.05) is 11.8 Å². The van der Waals surface area contributed by atoms with E-state index in [1.54, 1.807) is 10.9 Å². The molecular formula is C12H21N5O2. The molecule has 2 heterocycles. The number of aromatic nitrogens is 3. The molecular weight excluding hydrogens is 246 g/mol. The van der Waals surface area contributed by atoms with E-state index in [-0.39, 0.29) is 12.5 Å². The van der Waals surface area contributed by atoms with Gasteiger partial charge in [0.05, 0.1) is 18.0 Å². The van der Waals surface area contributed by atoms with Crippen molar-refractivity contribution in [2.75, 3.05) is 19.7 Å². The quantitative estimate of drug-likeness (QED) is 0.796. The van der Waals surface area contributed by atoms with Crippen LogP contribution in [0.15, 0.2) is 6.20 Å². The molecule has 1 saturated heterocycles. The van der Waals surface area contributed by atoms with Crippen molar-refractivity contribution in [2.24, 2.45) is 5.73 Å². The summed E-state index contributed by atoms with van der Waals surface area (Å²) < 4.78 is 7.11. The molecule has 7 heteroatoms. The average Bonchev–Trinajstić information content (AvgIpc) is 2.87. The van der Waals surface area contributed by atoms with E-state index < -0.39 is 0 Å². The highest BCUT2D eigenvalue weighted by molar-refractivity contribution is 5.75. The minimum Gasteiger partial charge on any atom is -0.378 e. The van der Waals surface area contributed by atoms with Crippen molar-refractivity contribution in [1.29, 1.82) is 0 Å². The molecule has 0 radical (unpaired) electrons. The predicted octanol–water partition coefficient (Wildman–Crippen LogP) is -0.236. The molecule has 1 amide bonds. The third kappa shape index (κ3) is 3.74. The zero-order chi connectivity index (χ0) is 13.7. The van der Waals surface area contributed by atoms with Gasteiger partial charge in [-0.25, -0.2) is 4.68 Å². The number of carbonyl (C=O) groups excluding carboxylic acids is 1. The standard InChI is InChI=1S/C12H21N5O2/c1-2-19-11-3-5-16(6-4-11)12(18)9-17-8-10(7-13)14-15-17/h8,11H,2-7,9,13H2,1H3. The molecule has 0 aromatic carbocycles. The fourth-order valence-electron chi connectivity index (χ4n) is 2.26. The first-order valence-corrected chi connectivity index (χ1v) is 6.71. The minimum atomic E-state index is 0.0726. The van der Waals surface area contributed by atoms with Crippen molar-refractivity contribution in [3.8, 4) is 0 Å². The van der Waals surface area contributed by atoms with Crippen LogP contribution in [0.1, 0.15) is 25.5 Å². The van der Waals surface area contributed by atoms with E-state index >= 15 is 0 Å². The highest BCUT2D eigenvalue weighted by Gasteiger charge is 2.23. The SMILES string of the molecule is CCOC1CCN(C(=O)Cn2cc(CN)nn2)CC1. The fraction of sp³-hybridized carbons (Fsp3) is 0.750. The Kier molecular flexibility index (Phi) is 4.86. The van der Waals surface area contributed by atoms with Crippen LogP contribution in [0.4, 0.5) is 0 Å². The number of rotatable bonds is 5. The van der Waals surface area contributed by atoms with E-state index in [1.165, 1.54) is 0 Å². The van der Waals surface area contributed by atoms with Crippen LogP contribution in [0.5, 0.6) is 0 Å². The van der Waals surface area contributed by atoms with Crippen molar-refractivity contribution in [2.45, 2.75) is 39.0 Å². The van der Waals surface area contributed by atoms with Crippen molar-refractivity contribution in [1.82, 2.24) is 19.9 Å². The molecule has 0 bridgehead atoms. The lowest BCUT2D eigenvalue weighted by molar-refractivity contribution is -0.134. The van der Waals surface area contributed by atoms with E-state index in [9.17, 15) is 4.79 Å². The molecule has 0 saturated carbocycles. The van der Waals surface area contributed by atoms with Crippen LogP contribution in [0.3, 0.4) is 0 Å². The van der Waals surface area contributed by atoms with Crippen LogP contribution in [0, 0.1) is 0 Å². The number of ether oxygens (including phenoxy) is 1. The lowest BCUT2D eigenvalue weighted by atomic mass is 10.1. The van der Waals surface area contributed by atoms with Gasteiger partial charge < -0.3 is 15.4 Å². The van der Waals surface area contributed by atoms with Gasteiger partial charge in [-0.1, -0.05) is 5.21 Å². The Morgan fingerprint density at radius 1 is 1.53 bits per heavy atom. The number of likely N-dealkylation sites (tertiary alicyclic amines) is 1. The van der Waals surface area contributed by atoms with Gasteiger partial charge in [0.15, 0.2) is 0 Å².